The van der Waals surface area contributed by atoms with Gasteiger partial charge in [-0.3, -0.25) is 0 Å². The number of hydrogen-bond acceptors (Lipinski definition) is 1. The normalized spacial score (nSPS) is 17.8. The van der Waals surface area contributed by atoms with Crippen LogP contribution in [0.3, 0.4) is 0 Å². The van der Waals surface area contributed by atoms with Crippen LogP contribution in [0.2, 0.25) is 0 Å². The fraction of sp³-hybridized carbons (Fsp3) is 1.00. The van der Waals surface area contributed by atoms with Crippen LogP contribution in [0.4, 0.5) is 0 Å². The van der Waals surface area contributed by atoms with Gasteiger partial charge < -0.3 is 4.74 Å². The second-order valence-electron chi connectivity index (χ2n) is 4.33. The lowest BCUT2D eigenvalue weighted by Gasteiger charge is -2.27. The Hall–Kier alpha value is -0.0400. The lowest BCUT2D eigenvalue weighted by atomic mass is 9.86. The summed E-state index contributed by atoms with van der Waals surface area (Å²) in [4.78, 5) is 0. The van der Waals surface area contributed by atoms with Crippen LogP contribution >= 0.6 is 0 Å². The maximum Gasteiger partial charge on any atom is 0.0575 e. The average molecular weight is 184 g/mol. The molecule has 0 aromatic rings. The standard InChI is InChI=1S/C12H24O/c1-3-6-12(7-4-2)13-10-11-8-5-9-11/h11-12H,3-10H2,1-2H3. The smallest absolute Gasteiger partial charge is 0.0575 e. The first-order valence-electron chi connectivity index (χ1n) is 5.98. The highest BCUT2D eigenvalue weighted by Gasteiger charge is 2.19. The Morgan fingerprint density at radius 1 is 1.15 bits per heavy atom. The topological polar surface area (TPSA) is 9.23 Å². The summed E-state index contributed by atoms with van der Waals surface area (Å²) in [6, 6.07) is 0. The molecular formula is C12H24O. The molecule has 1 aliphatic rings. The zero-order chi connectivity index (χ0) is 9.52. The van der Waals surface area contributed by atoms with Crippen molar-refractivity contribution in [1.29, 1.82) is 0 Å². The lowest BCUT2D eigenvalue weighted by Crippen LogP contribution is -2.22. The Bertz CT molecular complexity index is 112. The highest BCUT2D eigenvalue weighted by molar-refractivity contribution is 4.69. The maximum absolute atomic E-state index is 5.93. The molecule has 0 amide bonds. The Kier molecular flexibility index (Phi) is 5.45. The predicted molar refractivity (Wildman–Crippen MR) is 56.9 cm³/mol. The molecule has 0 N–H and O–H groups in total. The van der Waals surface area contributed by atoms with Gasteiger partial charge in [0.1, 0.15) is 0 Å². The first-order valence-corrected chi connectivity index (χ1v) is 5.98. The van der Waals surface area contributed by atoms with Crippen LogP contribution in [0.5, 0.6) is 0 Å². The van der Waals surface area contributed by atoms with Gasteiger partial charge in [-0.15, -0.1) is 0 Å². The molecule has 0 aliphatic heterocycles. The van der Waals surface area contributed by atoms with Crippen LogP contribution in [0, 0.1) is 5.92 Å². The van der Waals surface area contributed by atoms with E-state index in [0.29, 0.717) is 6.10 Å². The van der Waals surface area contributed by atoms with Crippen molar-refractivity contribution < 1.29 is 4.74 Å². The summed E-state index contributed by atoms with van der Waals surface area (Å²) in [5.41, 5.74) is 0. The molecule has 0 spiro atoms. The Labute approximate surface area is 82.9 Å². The van der Waals surface area contributed by atoms with Crippen LogP contribution in [0.25, 0.3) is 0 Å². The van der Waals surface area contributed by atoms with E-state index in [1.807, 2.05) is 0 Å². The van der Waals surface area contributed by atoms with Crippen LogP contribution in [0.1, 0.15) is 58.8 Å². The summed E-state index contributed by atoms with van der Waals surface area (Å²) in [5.74, 6) is 0.899. The summed E-state index contributed by atoms with van der Waals surface area (Å²) >= 11 is 0. The third kappa shape index (κ3) is 4.12. The third-order valence-corrected chi connectivity index (χ3v) is 3.01. The number of ether oxygens (including phenoxy) is 1. The molecule has 78 valence electrons. The van der Waals surface area contributed by atoms with Crippen molar-refractivity contribution in [1.82, 2.24) is 0 Å². The minimum atomic E-state index is 0.551. The van der Waals surface area contributed by atoms with E-state index >= 15 is 0 Å². The highest BCUT2D eigenvalue weighted by atomic mass is 16.5. The lowest BCUT2D eigenvalue weighted by molar-refractivity contribution is 0.00160. The number of rotatable bonds is 7. The SMILES string of the molecule is CCCC(CCC)OCC1CCC1. The first-order chi connectivity index (χ1) is 6.36. The maximum atomic E-state index is 5.93. The zero-order valence-corrected chi connectivity index (χ0v) is 9.22. The van der Waals surface area contributed by atoms with E-state index in [1.165, 1.54) is 44.9 Å². The van der Waals surface area contributed by atoms with E-state index in [9.17, 15) is 0 Å². The van der Waals surface area contributed by atoms with Gasteiger partial charge in [0.05, 0.1) is 6.10 Å². The molecule has 1 heteroatoms. The van der Waals surface area contributed by atoms with Gasteiger partial charge in [0.25, 0.3) is 0 Å². The first kappa shape index (κ1) is 11.0. The predicted octanol–water partition coefficient (Wildman–Crippen LogP) is 3.77. The Morgan fingerprint density at radius 2 is 1.77 bits per heavy atom. The van der Waals surface area contributed by atoms with Crippen molar-refractivity contribution in [2.45, 2.75) is 64.9 Å². The van der Waals surface area contributed by atoms with E-state index in [1.54, 1.807) is 0 Å². The Balaban J connectivity index is 2.05. The van der Waals surface area contributed by atoms with Gasteiger partial charge in [-0.05, 0) is 31.6 Å². The van der Waals surface area contributed by atoms with Crippen LogP contribution in [-0.4, -0.2) is 12.7 Å². The molecule has 1 aliphatic carbocycles. The largest absolute Gasteiger partial charge is 0.378 e. The molecule has 0 saturated heterocycles. The third-order valence-electron chi connectivity index (χ3n) is 3.01. The summed E-state index contributed by atoms with van der Waals surface area (Å²) in [7, 11) is 0. The molecular weight excluding hydrogens is 160 g/mol. The summed E-state index contributed by atoms with van der Waals surface area (Å²) in [5, 5.41) is 0. The minimum Gasteiger partial charge on any atom is -0.378 e. The highest BCUT2D eigenvalue weighted by Crippen LogP contribution is 2.27. The van der Waals surface area contributed by atoms with Gasteiger partial charge in [0, 0.05) is 6.61 Å². The van der Waals surface area contributed by atoms with Gasteiger partial charge in [-0.1, -0.05) is 33.1 Å². The van der Waals surface area contributed by atoms with Crippen LogP contribution < -0.4 is 0 Å². The molecule has 0 unspecified atom stereocenters. The molecule has 0 aromatic carbocycles. The quantitative estimate of drug-likeness (QED) is 0.585. The van der Waals surface area contributed by atoms with E-state index in [2.05, 4.69) is 13.8 Å². The van der Waals surface area contributed by atoms with Crippen molar-refractivity contribution in [3.05, 3.63) is 0 Å². The molecule has 1 saturated carbocycles. The molecule has 0 bridgehead atoms. The zero-order valence-electron chi connectivity index (χ0n) is 9.22. The fourth-order valence-electron chi connectivity index (χ4n) is 1.89. The van der Waals surface area contributed by atoms with Gasteiger partial charge in [0.2, 0.25) is 0 Å². The Morgan fingerprint density at radius 3 is 2.15 bits per heavy atom. The average Bonchev–Trinajstić information content (AvgIpc) is 2.02. The van der Waals surface area contributed by atoms with E-state index in [0.717, 1.165) is 12.5 Å². The molecule has 0 heterocycles. The van der Waals surface area contributed by atoms with Crippen molar-refractivity contribution in [3.8, 4) is 0 Å². The molecule has 0 aromatic heterocycles. The van der Waals surface area contributed by atoms with Gasteiger partial charge >= 0.3 is 0 Å². The van der Waals surface area contributed by atoms with Gasteiger partial charge in [-0.25, -0.2) is 0 Å². The summed E-state index contributed by atoms with van der Waals surface area (Å²) in [6.07, 6.45) is 9.82. The van der Waals surface area contributed by atoms with E-state index in [4.69, 9.17) is 4.74 Å². The van der Waals surface area contributed by atoms with Gasteiger partial charge in [-0.2, -0.15) is 0 Å². The molecule has 0 radical (unpaired) electrons. The van der Waals surface area contributed by atoms with Crippen molar-refractivity contribution >= 4 is 0 Å². The second-order valence-corrected chi connectivity index (χ2v) is 4.33. The van der Waals surface area contributed by atoms with E-state index in [-0.39, 0.29) is 0 Å². The molecule has 1 rings (SSSR count). The summed E-state index contributed by atoms with van der Waals surface area (Å²) < 4.78 is 5.93. The molecule has 1 fully saturated rings. The minimum absolute atomic E-state index is 0.551. The van der Waals surface area contributed by atoms with Crippen molar-refractivity contribution in [2.24, 2.45) is 5.92 Å². The van der Waals surface area contributed by atoms with Gasteiger partial charge in [0.15, 0.2) is 0 Å². The molecule has 0 atom stereocenters. The molecule has 13 heavy (non-hydrogen) atoms. The van der Waals surface area contributed by atoms with Crippen molar-refractivity contribution in [2.75, 3.05) is 6.61 Å². The summed E-state index contributed by atoms with van der Waals surface area (Å²) in [6.45, 7) is 5.52. The molecule has 1 nitrogen and oxygen atoms in total. The van der Waals surface area contributed by atoms with Crippen molar-refractivity contribution in [3.63, 3.8) is 0 Å². The second kappa shape index (κ2) is 6.42. The fourth-order valence-corrected chi connectivity index (χ4v) is 1.89. The van der Waals surface area contributed by atoms with E-state index < -0.39 is 0 Å². The number of hydrogen-bond donors (Lipinski definition) is 0. The monoisotopic (exact) mass is 184 g/mol. The van der Waals surface area contributed by atoms with Crippen LogP contribution in [0.15, 0.2) is 0 Å². The van der Waals surface area contributed by atoms with Crippen LogP contribution in [-0.2, 0) is 4.74 Å².